The minimum Gasteiger partial charge on any atom is -0.486 e. The summed E-state index contributed by atoms with van der Waals surface area (Å²) >= 11 is 1.17. The first-order valence-electron chi connectivity index (χ1n) is 10.4. The Hall–Kier alpha value is -3.65. The van der Waals surface area contributed by atoms with E-state index in [0.29, 0.717) is 33.1 Å². The van der Waals surface area contributed by atoms with E-state index in [0.717, 1.165) is 0 Å². The maximum absolute atomic E-state index is 13.3. The molecule has 0 amide bonds. The number of nitrogens with zero attached hydrogens (tertiary/aromatic N) is 2. The molecule has 4 aromatic rings. The second kappa shape index (κ2) is 9.07. The van der Waals surface area contributed by atoms with Crippen LogP contribution in [-0.2, 0) is 6.54 Å². The molecule has 1 unspecified atom stereocenters. The van der Waals surface area contributed by atoms with Gasteiger partial charge in [-0.05, 0) is 48.5 Å². The van der Waals surface area contributed by atoms with Gasteiger partial charge in [0.25, 0.3) is 5.56 Å². The predicted octanol–water partition coefficient (Wildman–Crippen LogP) is 4.35. The molecule has 1 aromatic heterocycles. The normalized spacial score (nSPS) is 14.9. The van der Waals surface area contributed by atoms with Crippen LogP contribution in [0.25, 0.3) is 10.9 Å². The number of para-hydroxylation sites is 3. The lowest BCUT2D eigenvalue weighted by Gasteiger charge is -2.27. The maximum atomic E-state index is 13.3. The number of halogens is 1. The van der Waals surface area contributed by atoms with Crippen LogP contribution in [0.3, 0.4) is 0 Å². The van der Waals surface area contributed by atoms with Crippen LogP contribution in [0.15, 0.2) is 82.7 Å². The number of carbonyl (C=O) groups excluding carboxylic acids is 1. The van der Waals surface area contributed by atoms with Gasteiger partial charge in [0.05, 0.1) is 23.2 Å². The largest absolute Gasteiger partial charge is 0.486 e. The summed E-state index contributed by atoms with van der Waals surface area (Å²) in [5.74, 6) is 0.760. The zero-order chi connectivity index (χ0) is 22.8. The lowest BCUT2D eigenvalue weighted by molar-refractivity contribution is 0.0757. The summed E-state index contributed by atoms with van der Waals surface area (Å²) in [6, 6.07) is 19.9. The van der Waals surface area contributed by atoms with Gasteiger partial charge in [0.15, 0.2) is 28.5 Å². The van der Waals surface area contributed by atoms with Gasteiger partial charge >= 0.3 is 0 Å². The zero-order valence-corrected chi connectivity index (χ0v) is 18.3. The Morgan fingerprint density at radius 1 is 1.03 bits per heavy atom. The highest BCUT2D eigenvalue weighted by molar-refractivity contribution is 7.99. The molecular formula is C25H19FN2O4S. The average Bonchev–Trinajstić information content (AvgIpc) is 2.85. The van der Waals surface area contributed by atoms with Crippen molar-refractivity contribution in [2.24, 2.45) is 0 Å². The first-order valence-corrected chi connectivity index (χ1v) is 11.4. The molecule has 1 aliphatic heterocycles. The second-order valence-corrected chi connectivity index (χ2v) is 8.49. The summed E-state index contributed by atoms with van der Waals surface area (Å²) in [5, 5.41) is 0.903. The molecule has 2 heterocycles. The SMILES string of the molecule is O=C(CSc1nc2ccccc2c(=O)n1CC1COc2ccccc2O1)c1ccc(F)cc1. The van der Waals surface area contributed by atoms with Crippen molar-refractivity contribution in [3.8, 4) is 11.5 Å². The molecule has 0 fully saturated rings. The van der Waals surface area contributed by atoms with E-state index < -0.39 is 11.9 Å². The van der Waals surface area contributed by atoms with Gasteiger partial charge in [-0.2, -0.15) is 0 Å². The Morgan fingerprint density at radius 2 is 1.76 bits per heavy atom. The van der Waals surface area contributed by atoms with Crippen LogP contribution < -0.4 is 15.0 Å². The van der Waals surface area contributed by atoms with Crippen molar-refractivity contribution < 1.29 is 18.7 Å². The lowest BCUT2D eigenvalue weighted by atomic mass is 10.1. The minimum atomic E-state index is -0.402. The number of ketones is 1. The number of rotatable bonds is 6. The van der Waals surface area contributed by atoms with Crippen LogP contribution in [-0.4, -0.2) is 33.8 Å². The molecule has 0 aliphatic carbocycles. The van der Waals surface area contributed by atoms with E-state index in [1.165, 1.54) is 40.6 Å². The van der Waals surface area contributed by atoms with Crippen LogP contribution in [0, 0.1) is 5.82 Å². The molecule has 0 N–H and O–H groups in total. The summed E-state index contributed by atoms with van der Waals surface area (Å²) in [6.07, 6.45) is -0.396. The summed E-state index contributed by atoms with van der Waals surface area (Å²) in [4.78, 5) is 30.6. The first-order chi connectivity index (χ1) is 16.1. The lowest BCUT2D eigenvalue weighted by Crippen LogP contribution is -2.37. The third-order valence-electron chi connectivity index (χ3n) is 5.28. The topological polar surface area (TPSA) is 70.4 Å². The minimum absolute atomic E-state index is 0.0568. The maximum Gasteiger partial charge on any atom is 0.262 e. The number of benzene rings is 3. The Balaban J connectivity index is 1.43. The van der Waals surface area contributed by atoms with E-state index in [4.69, 9.17) is 9.47 Å². The Morgan fingerprint density at radius 3 is 2.58 bits per heavy atom. The van der Waals surface area contributed by atoms with Crippen LogP contribution in [0.4, 0.5) is 4.39 Å². The molecule has 5 rings (SSSR count). The van der Waals surface area contributed by atoms with E-state index in [1.807, 2.05) is 30.3 Å². The fourth-order valence-electron chi connectivity index (χ4n) is 3.62. The number of hydrogen-bond acceptors (Lipinski definition) is 6. The predicted molar refractivity (Wildman–Crippen MR) is 124 cm³/mol. The Bertz CT molecular complexity index is 1390. The fourth-order valence-corrected chi connectivity index (χ4v) is 4.53. The highest BCUT2D eigenvalue weighted by Gasteiger charge is 2.24. The van der Waals surface area contributed by atoms with Gasteiger partial charge in [-0.3, -0.25) is 14.2 Å². The highest BCUT2D eigenvalue weighted by atomic mass is 32.2. The monoisotopic (exact) mass is 462 g/mol. The van der Waals surface area contributed by atoms with Gasteiger partial charge in [0.2, 0.25) is 0 Å². The standard InChI is InChI=1S/C25H19FN2O4S/c26-17-11-9-16(10-12-17)21(29)15-33-25-27-20-6-2-1-5-19(20)24(30)28(25)13-18-14-31-22-7-3-4-8-23(22)32-18/h1-12,18H,13-15H2. The molecule has 0 saturated carbocycles. The van der Waals surface area contributed by atoms with Crippen LogP contribution in [0.5, 0.6) is 11.5 Å². The molecule has 0 saturated heterocycles. The first kappa shape index (κ1) is 21.2. The van der Waals surface area contributed by atoms with E-state index in [-0.39, 0.29) is 30.2 Å². The van der Waals surface area contributed by atoms with Crippen molar-refractivity contribution in [2.45, 2.75) is 17.8 Å². The molecule has 0 bridgehead atoms. The third-order valence-corrected chi connectivity index (χ3v) is 6.26. The average molecular weight is 463 g/mol. The molecule has 166 valence electrons. The second-order valence-electron chi connectivity index (χ2n) is 7.54. The van der Waals surface area contributed by atoms with Crippen molar-refractivity contribution in [2.75, 3.05) is 12.4 Å². The van der Waals surface area contributed by atoms with Crippen molar-refractivity contribution in [1.82, 2.24) is 9.55 Å². The Labute approximate surface area is 193 Å². The smallest absolute Gasteiger partial charge is 0.262 e. The molecule has 1 atom stereocenters. The van der Waals surface area contributed by atoms with Crippen molar-refractivity contribution >= 4 is 28.4 Å². The number of aromatic nitrogens is 2. The number of Topliss-reactive ketones (excluding diaryl/α,β-unsaturated/α-hetero) is 1. The van der Waals surface area contributed by atoms with E-state index >= 15 is 0 Å². The quantitative estimate of drug-likeness (QED) is 0.241. The van der Waals surface area contributed by atoms with Crippen LogP contribution >= 0.6 is 11.8 Å². The van der Waals surface area contributed by atoms with Crippen LogP contribution in [0.2, 0.25) is 0 Å². The van der Waals surface area contributed by atoms with Crippen molar-refractivity contribution in [3.05, 3.63) is 94.5 Å². The Kier molecular flexibility index (Phi) is 5.83. The van der Waals surface area contributed by atoms with Gasteiger partial charge in [-0.15, -0.1) is 0 Å². The number of thioether (sulfide) groups is 1. The number of ether oxygens (including phenoxy) is 2. The molecule has 1 aliphatic rings. The summed E-state index contributed by atoms with van der Waals surface area (Å²) in [6.45, 7) is 0.507. The molecule has 0 radical (unpaired) electrons. The van der Waals surface area contributed by atoms with Crippen molar-refractivity contribution in [3.63, 3.8) is 0 Å². The van der Waals surface area contributed by atoms with Gasteiger partial charge in [0, 0.05) is 5.56 Å². The molecular weight excluding hydrogens is 443 g/mol. The van der Waals surface area contributed by atoms with Gasteiger partial charge < -0.3 is 9.47 Å². The number of fused-ring (bicyclic) bond motifs is 2. The van der Waals surface area contributed by atoms with E-state index in [2.05, 4.69) is 4.98 Å². The van der Waals surface area contributed by atoms with Gasteiger partial charge in [0.1, 0.15) is 12.4 Å². The van der Waals surface area contributed by atoms with Gasteiger partial charge in [-0.1, -0.05) is 36.0 Å². The van der Waals surface area contributed by atoms with E-state index in [9.17, 15) is 14.0 Å². The molecule has 0 spiro atoms. The summed E-state index contributed by atoms with van der Waals surface area (Å²) < 4.78 is 26.5. The number of hydrogen-bond donors (Lipinski definition) is 0. The van der Waals surface area contributed by atoms with Gasteiger partial charge in [-0.25, -0.2) is 9.37 Å². The molecule has 6 nitrogen and oxygen atoms in total. The summed E-state index contributed by atoms with van der Waals surface area (Å²) in [5.41, 5.74) is 0.751. The zero-order valence-electron chi connectivity index (χ0n) is 17.4. The highest BCUT2D eigenvalue weighted by Crippen LogP contribution is 2.31. The third kappa shape index (κ3) is 4.47. The fraction of sp³-hybridized carbons (Fsp3) is 0.160. The van der Waals surface area contributed by atoms with E-state index in [1.54, 1.807) is 18.2 Å². The summed E-state index contributed by atoms with van der Waals surface area (Å²) in [7, 11) is 0. The molecule has 33 heavy (non-hydrogen) atoms. The van der Waals surface area contributed by atoms with Crippen molar-refractivity contribution in [1.29, 1.82) is 0 Å². The molecule has 8 heteroatoms. The van der Waals surface area contributed by atoms with Crippen LogP contribution in [0.1, 0.15) is 10.4 Å². The molecule has 3 aromatic carbocycles. The number of carbonyl (C=O) groups is 1.